The summed E-state index contributed by atoms with van der Waals surface area (Å²) in [5, 5.41) is 0. The minimum absolute atomic E-state index is 0.140. The van der Waals surface area contributed by atoms with E-state index in [4.69, 9.17) is 14.2 Å². The normalized spacial score (nSPS) is 21.1. The number of hydrogen-bond acceptors (Lipinski definition) is 5. The molecule has 1 fully saturated rings. The second kappa shape index (κ2) is 7.75. The third kappa shape index (κ3) is 3.42. The summed E-state index contributed by atoms with van der Waals surface area (Å²) in [6.45, 7) is 1.47. The molecular weight excluding hydrogens is 372 g/mol. The molecule has 29 heavy (non-hydrogen) atoms. The highest BCUT2D eigenvalue weighted by molar-refractivity contribution is 6.21. The highest BCUT2D eigenvalue weighted by Crippen LogP contribution is 2.31. The Hall–Kier alpha value is -3.06. The number of fused-ring (bicyclic) bond motifs is 1. The number of anilines is 1. The van der Waals surface area contributed by atoms with E-state index < -0.39 is 0 Å². The van der Waals surface area contributed by atoms with Gasteiger partial charge in [-0.2, -0.15) is 0 Å². The smallest absolute Gasteiger partial charge is 0.292 e. The molecule has 2 heterocycles. The number of amides is 2. The van der Waals surface area contributed by atoms with Crippen molar-refractivity contribution in [3.8, 4) is 17.2 Å². The molecule has 0 aliphatic carbocycles. The van der Waals surface area contributed by atoms with Crippen LogP contribution in [0.2, 0.25) is 0 Å². The number of quaternary nitrogens is 1. The van der Waals surface area contributed by atoms with Gasteiger partial charge in [0, 0.05) is 12.0 Å². The summed E-state index contributed by atoms with van der Waals surface area (Å²) in [6, 6.07) is 10.6. The summed E-state index contributed by atoms with van der Waals surface area (Å²) in [5.74, 6) is 1.79. The lowest BCUT2D eigenvalue weighted by atomic mass is 9.97. The zero-order valence-electron chi connectivity index (χ0n) is 16.9. The van der Waals surface area contributed by atoms with Crippen molar-refractivity contribution in [2.45, 2.75) is 25.4 Å². The average Bonchev–Trinajstić information content (AvgIpc) is 3.06. The van der Waals surface area contributed by atoms with Crippen molar-refractivity contribution in [2.75, 3.05) is 32.8 Å². The Morgan fingerprint density at radius 1 is 0.931 bits per heavy atom. The lowest BCUT2D eigenvalue weighted by Gasteiger charge is -2.30. The number of carbonyl (C=O) groups is 2. The van der Waals surface area contributed by atoms with Crippen molar-refractivity contribution < 1.29 is 28.7 Å². The van der Waals surface area contributed by atoms with Crippen LogP contribution in [0, 0.1) is 0 Å². The zero-order valence-corrected chi connectivity index (χ0v) is 16.9. The van der Waals surface area contributed by atoms with E-state index in [0.29, 0.717) is 29.5 Å². The van der Waals surface area contributed by atoms with Gasteiger partial charge in [0.05, 0.1) is 40.0 Å². The summed E-state index contributed by atoms with van der Waals surface area (Å²) >= 11 is 0. The lowest BCUT2D eigenvalue weighted by Crippen LogP contribution is -3.16. The van der Waals surface area contributed by atoms with Gasteiger partial charge >= 0.3 is 0 Å². The monoisotopic (exact) mass is 397 g/mol. The van der Waals surface area contributed by atoms with Crippen molar-refractivity contribution in [1.82, 2.24) is 0 Å². The molecule has 1 saturated heterocycles. The number of ether oxygens (including phenoxy) is 3. The summed E-state index contributed by atoms with van der Waals surface area (Å²) < 4.78 is 16.0. The molecule has 1 unspecified atom stereocenters. The third-order valence-electron chi connectivity index (χ3n) is 5.81. The Kier molecular flexibility index (Phi) is 5.15. The van der Waals surface area contributed by atoms with E-state index in [1.807, 2.05) is 12.1 Å². The molecule has 0 bridgehead atoms. The topological polar surface area (TPSA) is 69.5 Å². The number of imide groups is 1. The highest BCUT2D eigenvalue weighted by Gasteiger charge is 2.46. The standard InChI is InChI=1S/C22H24N2O5/c1-27-17-6-4-16(5-7-17)24-21(25)12-18(22(24)26)23-9-8-14-10-19(28-2)20(29-3)11-15(14)13-23/h4-7,10-11,18H,8-9,12-13H2,1-3H3/p+1/t18-/m1/s1. The molecule has 152 valence electrons. The van der Waals surface area contributed by atoms with Crippen LogP contribution in [0.15, 0.2) is 36.4 Å². The Morgan fingerprint density at radius 3 is 2.21 bits per heavy atom. The predicted octanol–water partition coefficient (Wildman–Crippen LogP) is 0.985. The number of carbonyl (C=O) groups excluding carboxylic acids is 2. The molecule has 1 N–H and O–H groups in total. The van der Waals surface area contributed by atoms with Crippen LogP contribution in [-0.2, 0) is 22.6 Å². The number of nitrogens with one attached hydrogen (secondary N) is 1. The Morgan fingerprint density at radius 2 is 1.59 bits per heavy atom. The zero-order chi connectivity index (χ0) is 20.5. The molecule has 2 amide bonds. The molecule has 2 atom stereocenters. The van der Waals surface area contributed by atoms with E-state index in [1.54, 1.807) is 45.6 Å². The molecule has 0 spiro atoms. The van der Waals surface area contributed by atoms with Crippen molar-refractivity contribution in [3.63, 3.8) is 0 Å². The van der Waals surface area contributed by atoms with Gasteiger partial charge in [0.1, 0.15) is 12.3 Å². The van der Waals surface area contributed by atoms with Crippen molar-refractivity contribution >= 4 is 17.5 Å². The first kappa shape index (κ1) is 19.3. The van der Waals surface area contributed by atoms with E-state index in [2.05, 4.69) is 0 Å². The number of rotatable bonds is 5. The van der Waals surface area contributed by atoms with Gasteiger partial charge in [-0.3, -0.25) is 9.59 Å². The van der Waals surface area contributed by atoms with Crippen molar-refractivity contribution in [1.29, 1.82) is 0 Å². The summed E-state index contributed by atoms with van der Waals surface area (Å²) in [7, 11) is 4.82. The van der Waals surface area contributed by atoms with Gasteiger partial charge in [0.2, 0.25) is 5.91 Å². The van der Waals surface area contributed by atoms with Crippen molar-refractivity contribution in [3.05, 3.63) is 47.5 Å². The van der Waals surface area contributed by atoms with E-state index in [1.165, 1.54) is 10.5 Å². The predicted molar refractivity (Wildman–Crippen MR) is 107 cm³/mol. The first-order chi connectivity index (χ1) is 14.0. The SMILES string of the molecule is COc1ccc(N2C(=O)C[C@@H]([NH+]3CCc4cc(OC)c(OC)cc4C3)C2=O)cc1. The second-order valence-electron chi connectivity index (χ2n) is 7.33. The number of nitrogens with zero attached hydrogens (tertiary/aromatic N) is 1. The van der Waals surface area contributed by atoms with Crippen LogP contribution in [0.3, 0.4) is 0 Å². The highest BCUT2D eigenvalue weighted by atomic mass is 16.5. The van der Waals surface area contributed by atoms with Gasteiger partial charge in [-0.1, -0.05) is 0 Å². The van der Waals surface area contributed by atoms with Crippen LogP contribution in [0.4, 0.5) is 5.69 Å². The summed E-state index contributed by atoms with van der Waals surface area (Å²) in [6.07, 6.45) is 1.05. The van der Waals surface area contributed by atoms with E-state index in [-0.39, 0.29) is 24.3 Å². The minimum atomic E-state index is -0.370. The van der Waals surface area contributed by atoms with Gasteiger partial charge in [-0.15, -0.1) is 0 Å². The van der Waals surface area contributed by atoms with Gasteiger partial charge in [0.15, 0.2) is 17.5 Å². The number of hydrogen-bond donors (Lipinski definition) is 1. The van der Waals surface area contributed by atoms with Crippen LogP contribution < -0.4 is 24.0 Å². The molecule has 7 nitrogen and oxygen atoms in total. The maximum absolute atomic E-state index is 13.1. The Labute approximate surface area is 169 Å². The molecule has 2 aromatic rings. The molecule has 0 saturated carbocycles. The first-order valence-electron chi connectivity index (χ1n) is 9.65. The van der Waals surface area contributed by atoms with Crippen LogP contribution in [0.25, 0.3) is 0 Å². The molecule has 2 aliphatic rings. The minimum Gasteiger partial charge on any atom is -0.497 e. The number of benzene rings is 2. The Balaban J connectivity index is 1.55. The summed E-state index contributed by atoms with van der Waals surface area (Å²) in [5.41, 5.74) is 2.92. The van der Waals surface area contributed by atoms with Crippen LogP contribution in [0.1, 0.15) is 17.5 Å². The van der Waals surface area contributed by atoms with E-state index in [0.717, 1.165) is 23.4 Å². The third-order valence-corrected chi connectivity index (χ3v) is 5.81. The van der Waals surface area contributed by atoms with Crippen LogP contribution in [-0.4, -0.2) is 45.7 Å². The maximum atomic E-state index is 13.1. The molecule has 4 rings (SSSR count). The van der Waals surface area contributed by atoms with E-state index in [9.17, 15) is 9.59 Å². The second-order valence-corrected chi connectivity index (χ2v) is 7.33. The quantitative estimate of drug-likeness (QED) is 0.762. The average molecular weight is 397 g/mol. The Bertz CT molecular complexity index is 941. The fraction of sp³-hybridized carbons (Fsp3) is 0.364. The van der Waals surface area contributed by atoms with Crippen LogP contribution >= 0.6 is 0 Å². The fourth-order valence-corrected chi connectivity index (χ4v) is 4.24. The molecule has 2 aromatic carbocycles. The van der Waals surface area contributed by atoms with Crippen molar-refractivity contribution in [2.24, 2.45) is 0 Å². The molecule has 0 aromatic heterocycles. The summed E-state index contributed by atoms with van der Waals surface area (Å²) in [4.78, 5) is 28.2. The van der Waals surface area contributed by atoms with Gasteiger partial charge in [-0.05, 0) is 42.0 Å². The molecule has 7 heteroatoms. The lowest BCUT2D eigenvalue weighted by molar-refractivity contribution is -0.930. The first-order valence-corrected chi connectivity index (χ1v) is 9.65. The van der Waals surface area contributed by atoms with Gasteiger partial charge < -0.3 is 19.1 Å². The molecule has 2 aliphatic heterocycles. The van der Waals surface area contributed by atoms with Gasteiger partial charge in [-0.25, -0.2) is 4.90 Å². The molecular formula is C22H25N2O5+. The van der Waals surface area contributed by atoms with E-state index >= 15 is 0 Å². The van der Waals surface area contributed by atoms with Crippen LogP contribution in [0.5, 0.6) is 17.2 Å². The largest absolute Gasteiger partial charge is 0.497 e. The molecule has 0 radical (unpaired) electrons. The van der Waals surface area contributed by atoms with Gasteiger partial charge in [0.25, 0.3) is 5.91 Å². The number of methoxy groups -OCH3 is 3. The maximum Gasteiger partial charge on any atom is 0.292 e. The fourth-order valence-electron chi connectivity index (χ4n) is 4.24.